The van der Waals surface area contributed by atoms with E-state index in [1.54, 1.807) is 24.3 Å². The fraction of sp³-hybridized carbons (Fsp3) is 0.500. The number of halogens is 1. The Morgan fingerprint density at radius 3 is 2.46 bits per heavy atom. The maximum Gasteiger partial charge on any atom is 0.317 e. The van der Waals surface area contributed by atoms with E-state index in [4.69, 9.17) is 16.3 Å². The summed E-state index contributed by atoms with van der Waals surface area (Å²) >= 11 is 5.85. The number of carbonyl (C=O) groups is 2. The van der Waals surface area contributed by atoms with Gasteiger partial charge in [-0.3, -0.25) is 9.59 Å². The molecular weight excluding hydrogens is 354 g/mol. The van der Waals surface area contributed by atoms with Crippen molar-refractivity contribution >= 4 is 33.3 Å². The van der Waals surface area contributed by atoms with Gasteiger partial charge in [0.1, 0.15) is 0 Å². The number of esters is 1. The van der Waals surface area contributed by atoms with Crippen molar-refractivity contribution in [3.05, 3.63) is 34.9 Å². The third-order valence-electron chi connectivity index (χ3n) is 4.47. The summed E-state index contributed by atoms with van der Waals surface area (Å²) in [7, 11) is -3.06. The summed E-state index contributed by atoms with van der Waals surface area (Å²) in [6.07, 6.45) is 1.75. The molecule has 0 spiro atoms. The number of ether oxygens (including phenoxy) is 1. The van der Waals surface area contributed by atoms with Crippen molar-refractivity contribution in [1.29, 1.82) is 0 Å². The Morgan fingerprint density at radius 1 is 1.25 bits per heavy atom. The summed E-state index contributed by atoms with van der Waals surface area (Å²) in [6, 6.07) is 6.63. The van der Waals surface area contributed by atoms with Crippen LogP contribution in [-0.4, -0.2) is 44.4 Å². The van der Waals surface area contributed by atoms with Crippen molar-refractivity contribution in [3.63, 3.8) is 0 Å². The van der Waals surface area contributed by atoms with Crippen LogP contribution in [0.2, 0.25) is 5.02 Å². The molecule has 1 aromatic carbocycles. The van der Waals surface area contributed by atoms with Crippen LogP contribution in [-0.2, 0) is 29.6 Å². The number of sulfone groups is 1. The molecule has 0 aromatic heterocycles. The predicted octanol–water partition coefficient (Wildman–Crippen LogP) is 1.22. The highest BCUT2D eigenvalue weighted by molar-refractivity contribution is 7.91. The minimum atomic E-state index is -3.06. The number of nitrogens with one attached hydrogen (secondary N) is 1. The Balaban J connectivity index is 1.52. The lowest BCUT2D eigenvalue weighted by Crippen LogP contribution is -2.39. The lowest BCUT2D eigenvalue weighted by molar-refractivity contribution is -0.151. The highest BCUT2D eigenvalue weighted by Gasteiger charge is 2.52. The summed E-state index contributed by atoms with van der Waals surface area (Å²) in [5, 5.41) is 3.19. The zero-order valence-electron chi connectivity index (χ0n) is 13.0. The average Bonchev–Trinajstić information content (AvgIpc) is 3.26. The lowest BCUT2D eigenvalue weighted by Gasteiger charge is -2.16. The van der Waals surface area contributed by atoms with Gasteiger partial charge in [-0.05, 0) is 37.0 Å². The Kier molecular flexibility index (Phi) is 4.57. The molecule has 1 saturated carbocycles. The third-order valence-corrected chi connectivity index (χ3v) is 6.49. The van der Waals surface area contributed by atoms with E-state index in [9.17, 15) is 18.0 Å². The number of carbonyl (C=O) groups excluding carboxylic acids is 2. The van der Waals surface area contributed by atoms with Gasteiger partial charge < -0.3 is 10.1 Å². The number of amides is 1. The fourth-order valence-electron chi connectivity index (χ4n) is 2.95. The second kappa shape index (κ2) is 6.37. The number of hydrogen-bond donors (Lipinski definition) is 1. The molecule has 1 aliphatic heterocycles. The highest BCUT2D eigenvalue weighted by Crippen LogP contribution is 2.49. The topological polar surface area (TPSA) is 89.5 Å². The molecule has 0 bridgehead atoms. The standard InChI is InChI=1S/C16H18ClNO5S/c17-12-3-1-11(2-4-12)16(6-7-16)15(20)23-9-14(19)18-13-5-8-24(21,22)10-13/h1-4,13H,5-10H2,(H,18,19)/t13-/m1/s1. The molecule has 0 unspecified atom stereocenters. The van der Waals surface area contributed by atoms with E-state index in [0.717, 1.165) is 5.56 Å². The zero-order chi connectivity index (χ0) is 17.4. The van der Waals surface area contributed by atoms with Crippen LogP contribution in [0.5, 0.6) is 0 Å². The van der Waals surface area contributed by atoms with Crippen LogP contribution >= 0.6 is 11.6 Å². The van der Waals surface area contributed by atoms with Gasteiger partial charge >= 0.3 is 5.97 Å². The van der Waals surface area contributed by atoms with Crippen molar-refractivity contribution in [1.82, 2.24) is 5.32 Å². The molecule has 1 N–H and O–H groups in total. The minimum Gasteiger partial charge on any atom is -0.455 e. The molecule has 130 valence electrons. The minimum absolute atomic E-state index is 0.0542. The van der Waals surface area contributed by atoms with Gasteiger partial charge in [0.15, 0.2) is 16.4 Å². The number of rotatable bonds is 5. The molecule has 8 heteroatoms. The van der Waals surface area contributed by atoms with E-state index in [1.165, 1.54) is 0 Å². The van der Waals surface area contributed by atoms with Crippen LogP contribution in [0, 0.1) is 0 Å². The summed E-state index contributed by atoms with van der Waals surface area (Å²) in [5.41, 5.74) is 0.154. The van der Waals surface area contributed by atoms with Gasteiger partial charge in [0.2, 0.25) is 0 Å². The molecule has 1 aliphatic carbocycles. The second-order valence-electron chi connectivity index (χ2n) is 6.33. The molecule has 1 saturated heterocycles. The summed E-state index contributed by atoms with van der Waals surface area (Å²) in [4.78, 5) is 24.2. The van der Waals surface area contributed by atoms with Crippen molar-refractivity contribution in [2.45, 2.75) is 30.7 Å². The first-order chi connectivity index (χ1) is 11.3. The molecular formula is C16H18ClNO5S. The van der Waals surface area contributed by atoms with Crippen LogP contribution in [0.4, 0.5) is 0 Å². The summed E-state index contributed by atoms with van der Waals surface area (Å²) in [5.74, 6) is -0.880. The lowest BCUT2D eigenvalue weighted by atomic mass is 9.96. The molecule has 0 radical (unpaired) electrons. The molecule has 1 heterocycles. The van der Waals surface area contributed by atoms with E-state index < -0.39 is 39.8 Å². The van der Waals surface area contributed by atoms with E-state index in [0.29, 0.717) is 24.3 Å². The average molecular weight is 372 g/mol. The maximum absolute atomic E-state index is 12.3. The maximum atomic E-state index is 12.3. The van der Waals surface area contributed by atoms with E-state index in [1.807, 2.05) is 0 Å². The molecule has 2 fully saturated rings. The molecule has 1 aromatic rings. The summed E-state index contributed by atoms with van der Waals surface area (Å²) in [6.45, 7) is -0.398. The Labute approximate surface area is 145 Å². The monoisotopic (exact) mass is 371 g/mol. The first-order valence-electron chi connectivity index (χ1n) is 7.74. The quantitative estimate of drug-likeness (QED) is 0.786. The van der Waals surface area contributed by atoms with Gasteiger partial charge in [0, 0.05) is 11.1 Å². The highest BCUT2D eigenvalue weighted by atomic mass is 35.5. The van der Waals surface area contributed by atoms with Gasteiger partial charge in [-0.25, -0.2) is 8.42 Å². The molecule has 1 atom stereocenters. The fourth-order valence-corrected chi connectivity index (χ4v) is 4.75. The molecule has 24 heavy (non-hydrogen) atoms. The SMILES string of the molecule is O=C(COC(=O)C1(c2ccc(Cl)cc2)CC1)N[C@@H]1CCS(=O)(=O)C1. The Hall–Kier alpha value is -1.60. The predicted molar refractivity (Wildman–Crippen MR) is 88.5 cm³/mol. The molecule has 6 nitrogen and oxygen atoms in total. The Bertz CT molecular complexity index is 755. The van der Waals surface area contributed by atoms with Gasteiger partial charge in [0.25, 0.3) is 5.91 Å². The third kappa shape index (κ3) is 3.72. The van der Waals surface area contributed by atoms with Crippen molar-refractivity contribution in [3.8, 4) is 0 Å². The van der Waals surface area contributed by atoms with Crippen LogP contribution in [0.3, 0.4) is 0 Å². The normalized spacial score (nSPS) is 23.5. The smallest absolute Gasteiger partial charge is 0.317 e. The van der Waals surface area contributed by atoms with Gasteiger partial charge in [-0.15, -0.1) is 0 Å². The van der Waals surface area contributed by atoms with Crippen molar-refractivity contribution in [2.24, 2.45) is 0 Å². The second-order valence-corrected chi connectivity index (χ2v) is 9.00. The van der Waals surface area contributed by atoms with Crippen LogP contribution in [0.25, 0.3) is 0 Å². The zero-order valence-corrected chi connectivity index (χ0v) is 14.5. The largest absolute Gasteiger partial charge is 0.455 e. The Morgan fingerprint density at radius 2 is 1.92 bits per heavy atom. The number of hydrogen-bond acceptors (Lipinski definition) is 5. The first-order valence-corrected chi connectivity index (χ1v) is 9.94. The molecule has 2 aliphatic rings. The van der Waals surface area contributed by atoms with Gasteiger partial charge in [-0.1, -0.05) is 23.7 Å². The van der Waals surface area contributed by atoms with E-state index in [-0.39, 0.29) is 11.5 Å². The van der Waals surface area contributed by atoms with Crippen molar-refractivity contribution in [2.75, 3.05) is 18.1 Å². The first kappa shape index (κ1) is 17.2. The van der Waals surface area contributed by atoms with Crippen LogP contribution in [0.1, 0.15) is 24.8 Å². The number of benzene rings is 1. The van der Waals surface area contributed by atoms with Crippen LogP contribution in [0.15, 0.2) is 24.3 Å². The van der Waals surface area contributed by atoms with Gasteiger partial charge in [-0.2, -0.15) is 0 Å². The van der Waals surface area contributed by atoms with Gasteiger partial charge in [0.05, 0.1) is 16.9 Å². The van der Waals surface area contributed by atoms with Crippen molar-refractivity contribution < 1.29 is 22.7 Å². The van der Waals surface area contributed by atoms with Crippen LogP contribution < -0.4 is 5.32 Å². The summed E-state index contributed by atoms with van der Waals surface area (Å²) < 4.78 is 27.9. The molecule has 1 amide bonds. The molecule has 3 rings (SSSR count). The van der Waals surface area contributed by atoms with E-state index >= 15 is 0 Å². The van der Waals surface area contributed by atoms with E-state index in [2.05, 4.69) is 5.32 Å².